The number of nitrogens with zero attached hydrogens (tertiary/aromatic N) is 2. The quantitative estimate of drug-likeness (QED) is 0.593. The van der Waals surface area contributed by atoms with E-state index in [4.69, 9.17) is 0 Å². The topological polar surface area (TPSA) is 63.5 Å². The molecule has 5 heteroatoms. The molecule has 2 aromatic carbocycles. The van der Waals surface area contributed by atoms with Crippen LogP contribution in [0.1, 0.15) is 5.56 Å². The maximum Gasteiger partial charge on any atom is 0.260 e. The number of hydrogen-bond donors (Lipinski definition) is 1. The number of amides is 1. The van der Waals surface area contributed by atoms with Gasteiger partial charge >= 0.3 is 0 Å². The monoisotopic (exact) mass is 305 g/mol. The number of aromatic nitrogens is 1. The first kappa shape index (κ1) is 14.7. The van der Waals surface area contributed by atoms with Crippen LogP contribution in [-0.4, -0.2) is 16.7 Å². The Morgan fingerprint density at radius 3 is 2.70 bits per heavy atom. The summed E-state index contributed by atoms with van der Waals surface area (Å²) in [7, 11) is 0. The molecule has 0 radical (unpaired) electrons. The Labute approximate surface area is 132 Å². The largest absolute Gasteiger partial charge is 0.306 e. The molecule has 3 aromatic rings. The van der Waals surface area contributed by atoms with Crippen molar-refractivity contribution >= 4 is 22.9 Å². The standard InChI is InChI=1S/C18H15N3O2/c22-17(13-21-11-4-3-10-18(21)23)20-19-12-15-8-5-7-14-6-1-2-9-16(14)15/h1-12H,13H2,(H,20,22)/b19-12-. The van der Waals surface area contributed by atoms with Gasteiger partial charge in [0.1, 0.15) is 6.54 Å². The summed E-state index contributed by atoms with van der Waals surface area (Å²) in [4.78, 5) is 23.4. The van der Waals surface area contributed by atoms with Gasteiger partial charge in [-0.2, -0.15) is 5.10 Å². The van der Waals surface area contributed by atoms with Crippen molar-refractivity contribution < 1.29 is 4.79 Å². The van der Waals surface area contributed by atoms with Gasteiger partial charge in [0, 0.05) is 17.8 Å². The fourth-order valence-corrected chi connectivity index (χ4v) is 2.32. The Kier molecular flexibility index (Phi) is 4.29. The van der Waals surface area contributed by atoms with E-state index in [0.29, 0.717) is 0 Å². The van der Waals surface area contributed by atoms with E-state index >= 15 is 0 Å². The van der Waals surface area contributed by atoms with Gasteiger partial charge in [0.2, 0.25) is 0 Å². The first-order chi connectivity index (χ1) is 11.2. The predicted octanol–water partition coefficient (Wildman–Crippen LogP) is 2.15. The maximum absolute atomic E-state index is 11.8. The summed E-state index contributed by atoms with van der Waals surface area (Å²) >= 11 is 0. The van der Waals surface area contributed by atoms with Gasteiger partial charge in [-0.3, -0.25) is 9.59 Å². The minimum Gasteiger partial charge on any atom is -0.306 e. The van der Waals surface area contributed by atoms with Crippen molar-refractivity contribution in [3.05, 3.63) is 82.8 Å². The lowest BCUT2D eigenvalue weighted by atomic mass is 10.1. The zero-order valence-electron chi connectivity index (χ0n) is 12.3. The molecule has 0 atom stereocenters. The van der Waals surface area contributed by atoms with Crippen LogP contribution in [-0.2, 0) is 11.3 Å². The second-order valence-corrected chi connectivity index (χ2v) is 5.03. The zero-order valence-corrected chi connectivity index (χ0v) is 12.3. The lowest BCUT2D eigenvalue weighted by molar-refractivity contribution is -0.121. The van der Waals surface area contributed by atoms with E-state index in [1.54, 1.807) is 24.5 Å². The van der Waals surface area contributed by atoms with Crippen LogP contribution < -0.4 is 11.0 Å². The van der Waals surface area contributed by atoms with Gasteiger partial charge in [-0.05, 0) is 16.8 Å². The lowest BCUT2D eigenvalue weighted by Crippen LogP contribution is -2.28. The second kappa shape index (κ2) is 6.70. The molecule has 0 saturated carbocycles. The molecular formula is C18H15N3O2. The summed E-state index contributed by atoms with van der Waals surface area (Å²) in [6, 6.07) is 18.6. The van der Waals surface area contributed by atoms with Crippen molar-refractivity contribution in [3.63, 3.8) is 0 Å². The van der Waals surface area contributed by atoms with Crippen LogP contribution >= 0.6 is 0 Å². The van der Waals surface area contributed by atoms with E-state index in [0.717, 1.165) is 16.3 Å². The summed E-state index contributed by atoms with van der Waals surface area (Å²) in [5.41, 5.74) is 3.14. The van der Waals surface area contributed by atoms with Crippen molar-refractivity contribution in [2.75, 3.05) is 0 Å². The fraction of sp³-hybridized carbons (Fsp3) is 0.0556. The van der Waals surface area contributed by atoms with Crippen molar-refractivity contribution in [2.45, 2.75) is 6.54 Å². The highest BCUT2D eigenvalue weighted by Gasteiger charge is 2.02. The Morgan fingerprint density at radius 1 is 1.04 bits per heavy atom. The summed E-state index contributed by atoms with van der Waals surface area (Å²) in [5.74, 6) is -0.352. The summed E-state index contributed by atoms with van der Waals surface area (Å²) in [6.07, 6.45) is 3.17. The third-order valence-electron chi connectivity index (χ3n) is 3.43. The number of rotatable bonds is 4. The number of hydrazone groups is 1. The van der Waals surface area contributed by atoms with Crippen LogP contribution in [0.3, 0.4) is 0 Å². The van der Waals surface area contributed by atoms with E-state index in [-0.39, 0.29) is 18.0 Å². The molecule has 0 aliphatic rings. The molecule has 0 unspecified atom stereocenters. The average Bonchev–Trinajstić information content (AvgIpc) is 2.57. The molecule has 0 saturated heterocycles. The number of carbonyl (C=O) groups is 1. The van der Waals surface area contributed by atoms with E-state index in [1.807, 2.05) is 42.5 Å². The van der Waals surface area contributed by atoms with Crippen molar-refractivity contribution in [1.82, 2.24) is 9.99 Å². The van der Waals surface area contributed by atoms with Crippen LogP contribution in [0.25, 0.3) is 10.8 Å². The summed E-state index contributed by atoms with van der Waals surface area (Å²) in [6.45, 7) is -0.0629. The first-order valence-corrected chi connectivity index (χ1v) is 7.19. The smallest absolute Gasteiger partial charge is 0.260 e. The third-order valence-corrected chi connectivity index (χ3v) is 3.43. The van der Waals surface area contributed by atoms with E-state index in [9.17, 15) is 9.59 Å². The molecule has 1 heterocycles. The zero-order chi connectivity index (χ0) is 16.1. The van der Waals surface area contributed by atoms with Crippen LogP contribution in [0.4, 0.5) is 0 Å². The van der Waals surface area contributed by atoms with Gasteiger partial charge in [0.05, 0.1) is 6.21 Å². The number of pyridine rings is 1. The van der Waals surface area contributed by atoms with E-state index in [2.05, 4.69) is 10.5 Å². The number of benzene rings is 2. The van der Waals surface area contributed by atoms with Crippen molar-refractivity contribution in [2.24, 2.45) is 5.10 Å². The fourth-order valence-electron chi connectivity index (χ4n) is 2.32. The Morgan fingerprint density at radius 2 is 1.83 bits per heavy atom. The molecule has 0 bridgehead atoms. The molecule has 23 heavy (non-hydrogen) atoms. The highest BCUT2D eigenvalue weighted by molar-refractivity contribution is 5.99. The third kappa shape index (κ3) is 3.52. The molecule has 0 fully saturated rings. The highest BCUT2D eigenvalue weighted by Crippen LogP contribution is 2.16. The minimum absolute atomic E-state index is 0.0629. The number of hydrogen-bond acceptors (Lipinski definition) is 3. The highest BCUT2D eigenvalue weighted by atomic mass is 16.2. The molecule has 0 spiro atoms. The van der Waals surface area contributed by atoms with Crippen molar-refractivity contribution in [1.29, 1.82) is 0 Å². The van der Waals surface area contributed by atoms with Crippen molar-refractivity contribution in [3.8, 4) is 0 Å². The molecule has 1 aromatic heterocycles. The molecule has 5 nitrogen and oxygen atoms in total. The normalized spacial score (nSPS) is 11.0. The SMILES string of the molecule is O=C(Cn1ccccc1=O)N/N=C\c1cccc2ccccc12. The summed E-state index contributed by atoms with van der Waals surface area (Å²) in [5, 5.41) is 6.15. The Bertz CT molecular complexity index is 923. The van der Waals surface area contributed by atoms with Gasteiger partial charge in [-0.1, -0.05) is 48.5 Å². The van der Waals surface area contributed by atoms with Crippen LogP contribution in [0.5, 0.6) is 0 Å². The first-order valence-electron chi connectivity index (χ1n) is 7.19. The number of fused-ring (bicyclic) bond motifs is 1. The second-order valence-electron chi connectivity index (χ2n) is 5.03. The van der Waals surface area contributed by atoms with Crippen LogP contribution in [0.15, 0.2) is 76.8 Å². The minimum atomic E-state index is -0.352. The van der Waals surface area contributed by atoms with Gasteiger partial charge in [-0.15, -0.1) is 0 Å². The number of carbonyl (C=O) groups excluding carboxylic acids is 1. The molecule has 1 N–H and O–H groups in total. The van der Waals surface area contributed by atoms with E-state index in [1.165, 1.54) is 10.6 Å². The Balaban J connectivity index is 1.70. The van der Waals surface area contributed by atoms with Gasteiger partial charge in [0.25, 0.3) is 11.5 Å². The molecule has 1 amide bonds. The van der Waals surface area contributed by atoms with Crippen LogP contribution in [0.2, 0.25) is 0 Å². The molecule has 0 aliphatic carbocycles. The predicted molar refractivity (Wildman–Crippen MR) is 90.4 cm³/mol. The van der Waals surface area contributed by atoms with Gasteiger partial charge in [-0.25, -0.2) is 5.43 Å². The van der Waals surface area contributed by atoms with Gasteiger partial charge in [0.15, 0.2) is 0 Å². The van der Waals surface area contributed by atoms with E-state index < -0.39 is 0 Å². The van der Waals surface area contributed by atoms with Gasteiger partial charge < -0.3 is 4.57 Å². The summed E-state index contributed by atoms with van der Waals surface area (Å²) < 4.78 is 1.32. The molecular weight excluding hydrogens is 290 g/mol. The lowest BCUT2D eigenvalue weighted by Gasteiger charge is -2.04. The maximum atomic E-state index is 11.8. The molecule has 114 valence electrons. The average molecular weight is 305 g/mol. The molecule has 3 rings (SSSR count). The van der Waals surface area contributed by atoms with Crippen LogP contribution in [0, 0.1) is 0 Å². The number of nitrogens with one attached hydrogen (secondary N) is 1. The molecule has 0 aliphatic heterocycles. The Hall–Kier alpha value is -3.21.